The molecule has 1 aromatic carbocycles. The molecule has 1 amide bonds. The molecule has 20 heavy (non-hydrogen) atoms. The van der Waals surface area contributed by atoms with Crippen molar-refractivity contribution in [1.82, 2.24) is 5.32 Å². The number of hydrogen-bond acceptors (Lipinski definition) is 4. The smallest absolute Gasteiger partial charge is 0.251 e. The molecular weight excluding hydrogens is 270 g/mol. The summed E-state index contributed by atoms with van der Waals surface area (Å²) in [5.74, 6) is 5.31. The lowest BCUT2D eigenvalue weighted by molar-refractivity contribution is 0.0947. The predicted octanol–water partition coefficient (Wildman–Crippen LogP) is 2.77. The molecule has 4 nitrogen and oxygen atoms in total. The fourth-order valence-corrected chi connectivity index (χ4v) is 3.62. The summed E-state index contributed by atoms with van der Waals surface area (Å²) in [5.41, 5.74) is 4.03. The Balaban J connectivity index is 1.93. The van der Waals surface area contributed by atoms with E-state index in [1.165, 1.54) is 32.1 Å². The number of hydrazine groups is 1. The van der Waals surface area contributed by atoms with Crippen LogP contribution in [0, 0.1) is 0 Å². The molecule has 0 unspecified atom stereocenters. The first-order valence-electron chi connectivity index (χ1n) is 7.09. The van der Waals surface area contributed by atoms with Gasteiger partial charge in [-0.25, -0.2) is 0 Å². The second-order valence-corrected chi connectivity index (χ2v) is 6.63. The lowest BCUT2D eigenvalue weighted by Crippen LogP contribution is -2.41. The average molecular weight is 293 g/mol. The molecular formula is C15H23N3OS. The highest BCUT2D eigenvalue weighted by Gasteiger charge is 2.31. The van der Waals surface area contributed by atoms with Crippen molar-refractivity contribution in [3.63, 3.8) is 0 Å². The Morgan fingerprint density at radius 1 is 1.25 bits per heavy atom. The van der Waals surface area contributed by atoms with Crippen LogP contribution in [0.1, 0.15) is 42.5 Å². The number of nitrogen functional groups attached to an aromatic ring is 1. The zero-order valence-corrected chi connectivity index (χ0v) is 12.8. The third-order valence-corrected chi connectivity index (χ3v) is 5.50. The molecule has 0 spiro atoms. The maximum Gasteiger partial charge on any atom is 0.251 e. The minimum Gasteiger partial charge on any atom is -0.351 e. The van der Waals surface area contributed by atoms with Crippen LogP contribution in [0.5, 0.6) is 0 Å². The van der Waals surface area contributed by atoms with E-state index in [0.29, 0.717) is 5.56 Å². The largest absolute Gasteiger partial charge is 0.351 e. The van der Waals surface area contributed by atoms with Gasteiger partial charge in [-0.1, -0.05) is 19.3 Å². The Morgan fingerprint density at radius 2 is 1.90 bits per heavy atom. The first-order chi connectivity index (χ1) is 9.69. The number of hydrogen-bond donors (Lipinski definition) is 3. The van der Waals surface area contributed by atoms with Gasteiger partial charge in [0.25, 0.3) is 5.91 Å². The SMILES string of the molecule is CSC1(CNC(=O)c2ccc(NN)cc2)CCCCC1. The van der Waals surface area contributed by atoms with Crippen molar-refractivity contribution in [2.45, 2.75) is 36.9 Å². The van der Waals surface area contributed by atoms with Gasteiger partial charge in [-0.2, -0.15) is 11.8 Å². The molecule has 110 valence electrons. The van der Waals surface area contributed by atoms with Gasteiger partial charge in [0.05, 0.1) is 0 Å². The molecule has 2 rings (SSSR count). The van der Waals surface area contributed by atoms with E-state index in [4.69, 9.17) is 5.84 Å². The third kappa shape index (κ3) is 3.67. The molecule has 0 aromatic heterocycles. The summed E-state index contributed by atoms with van der Waals surface area (Å²) >= 11 is 1.90. The summed E-state index contributed by atoms with van der Waals surface area (Å²) in [6.45, 7) is 0.754. The van der Waals surface area contributed by atoms with E-state index in [2.05, 4.69) is 17.0 Å². The number of nitrogens with one attached hydrogen (secondary N) is 2. The van der Waals surface area contributed by atoms with Crippen molar-refractivity contribution in [1.29, 1.82) is 0 Å². The zero-order valence-electron chi connectivity index (χ0n) is 11.9. The number of thioether (sulfide) groups is 1. The number of amides is 1. The minimum atomic E-state index is -0.00688. The Hall–Kier alpha value is -1.20. The molecule has 0 radical (unpaired) electrons. The van der Waals surface area contributed by atoms with Crippen LogP contribution < -0.4 is 16.6 Å². The predicted molar refractivity (Wildman–Crippen MR) is 85.9 cm³/mol. The monoisotopic (exact) mass is 293 g/mol. The fourth-order valence-electron chi connectivity index (χ4n) is 2.71. The first kappa shape index (κ1) is 15.2. The molecule has 1 aliphatic rings. The Morgan fingerprint density at radius 3 is 2.45 bits per heavy atom. The van der Waals surface area contributed by atoms with Crippen molar-refractivity contribution in [3.8, 4) is 0 Å². The summed E-state index contributed by atoms with van der Waals surface area (Å²) in [4.78, 5) is 12.2. The van der Waals surface area contributed by atoms with E-state index in [0.717, 1.165) is 12.2 Å². The summed E-state index contributed by atoms with van der Waals surface area (Å²) < 4.78 is 0.229. The molecule has 0 bridgehead atoms. The van der Waals surface area contributed by atoms with Crippen molar-refractivity contribution >= 4 is 23.4 Å². The molecule has 1 aliphatic carbocycles. The molecule has 1 fully saturated rings. The van der Waals surface area contributed by atoms with Crippen LogP contribution in [0.2, 0.25) is 0 Å². The number of carbonyl (C=O) groups excluding carboxylic acids is 1. The molecule has 0 atom stereocenters. The minimum absolute atomic E-state index is 0.00688. The van der Waals surface area contributed by atoms with Crippen LogP contribution in [0.3, 0.4) is 0 Å². The maximum atomic E-state index is 12.2. The average Bonchev–Trinajstić information content (AvgIpc) is 2.53. The zero-order chi connectivity index (χ0) is 14.4. The van der Waals surface area contributed by atoms with Crippen LogP contribution >= 0.6 is 11.8 Å². The highest BCUT2D eigenvalue weighted by molar-refractivity contribution is 8.00. The molecule has 0 aliphatic heterocycles. The summed E-state index contributed by atoms with van der Waals surface area (Å²) in [7, 11) is 0. The van der Waals surface area contributed by atoms with E-state index in [-0.39, 0.29) is 10.7 Å². The topological polar surface area (TPSA) is 67.2 Å². The molecule has 0 saturated heterocycles. The fraction of sp³-hybridized carbons (Fsp3) is 0.533. The van der Waals surface area contributed by atoms with Gasteiger partial charge in [-0.15, -0.1) is 0 Å². The normalized spacial score (nSPS) is 17.5. The summed E-state index contributed by atoms with van der Waals surface area (Å²) in [6, 6.07) is 7.19. The maximum absolute atomic E-state index is 12.2. The Bertz CT molecular complexity index is 441. The number of rotatable bonds is 5. The van der Waals surface area contributed by atoms with Gasteiger partial charge in [0.2, 0.25) is 0 Å². The second-order valence-electron chi connectivity index (χ2n) is 5.35. The number of benzene rings is 1. The van der Waals surface area contributed by atoms with Gasteiger partial charge in [0.1, 0.15) is 0 Å². The van der Waals surface area contributed by atoms with E-state index in [1.807, 2.05) is 11.8 Å². The highest BCUT2D eigenvalue weighted by atomic mass is 32.2. The number of anilines is 1. The summed E-state index contributed by atoms with van der Waals surface area (Å²) in [6.07, 6.45) is 8.42. The third-order valence-electron chi connectivity index (χ3n) is 4.08. The van der Waals surface area contributed by atoms with Crippen LogP contribution in [0.4, 0.5) is 5.69 Å². The van der Waals surface area contributed by atoms with Gasteiger partial charge >= 0.3 is 0 Å². The van der Waals surface area contributed by atoms with Gasteiger partial charge in [-0.3, -0.25) is 10.6 Å². The van der Waals surface area contributed by atoms with E-state index in [9.17, 15) is 4.79 Å². The van der Waals surface area contributed by atoms with Crippen LogP contribution in [0.15, 0.2) is 24.3 Å². The first-order valence-corrected chi connectivity index (χ1v) is 8.32. The Kier molecular flexibility index (Phi) is 5.31. The molecule has 0 heterocycles. The quantitative estimate of drug-likeness (QED) is 0.577. The van der Waals surface area contributed by atoms with Crippen LogP contribution in [0.25, 0.3) is 0 Å². The molecule has 1 aromatic rings. The lowest BCUT2D eigenvalue weighted by atomic mass is 9.88. The van der Waals surface area contributed by atoms with E-state index in [1.54, 1.807) is 24.3 Å². The van der Waals surface area contributed by atoms with Crippen molar-refractivity contribution in [2.24, 2.45) is 5.84 Å². The van der Waals surface area contributed by atoms with Crippen LogP contribution in [-0.4, -0.2) is 23.5 Å². The summed E-state index contributed by atoms with van der Waals surface area (Å²) in [5, 5.41) is 3.09. The lowest BCUT2D eigenvalue weighted by Gasteiger charge is -2.35. The number of carbonyl (C=O) groups is 1. The van der Waals surface area contributed by atoms with Gasteiger partial charge < -0.3 is 10.7 Å². The van der Waals surface area contributed by atoms with Crippen molar-refractivity contribution in [2.75, 3.05) is 18.2 Å². The Labute approximate surface area is 124 Å². The molecule has 4 N–H and O–H groups in total. The van der Waals surface area contributed by atoms with Gasteiger partial charge in [0, 0.05) is 22.5 Å². The second kappa shape index (κ2) is 6.99. The van der Waals surface area contributed by atoms with E-state index >= 15 is 0 Å². The van der Waals surface area contributed by atoms with Gasteiger partial charge in [-0.05, 0) is 43.4 Å². The van der Waals surface area contributed by atoms with Crippen molar-refractivity contribution < 1.29 is 4.79 Å². The highest BCUT2D eigenvalue weighted by Crippen LogP contribution is 2.37. The van der Waals surface area contributed by atoms with Crippen molar-refractivity contribution in [3.05, 3.63) is 29.8 Å². The number of nitrogens with two attached hydrogens (primary N) is 1. The standard InChI is InChI=1S/C15H23N3OS/c1-20-15(9-3-2-4-10-15)11-17-14(19)12-5-7-13(18-16)8-6-12/h5-8,18H,2-4,9-11,16H2,1H3,(H,17,19). The van der Waals surface area contributed by atoms with E-state index < -0.39 is 0 Å². The van der Waals surface area contributed by atoms with Gasteiger partial charge in [0.15, 0.2) is 0 Å². The molecule has 5 heteroatoms. The van der Waals surface area contributed by atoms with Crippen LogP contribution in [-0.2, 0) is 0 Å². The molecule has 1 saturated carbocycles.